The first-order valence-corrected chi connectivity index (χ1v) is 4.05. The van der Waals surface area contributed by atoms with E-state index in [-0.39, 0.29) is 6.04 Å². The van der Waals surface area contributed by atoms with Gasteiger partial charge in [0.1, 0.15) is 6.04 Å². The fraction of sp³-hybridized carbons (Fsp3) is 0.875. The van der Waals surface area contributed by atoms with Gasteiger partial charge in [-0.15, -0.1) is 0 Å². The fourth-order valence-electron chi connectivity index (χ4n) is 1.07. The molecule has 0 aliphatic rings. The zero-order chi connectivity index (χ0) is 9.56. The molecule has 72 valence electrons. The van der Waals surface area contributed by atoms with Gasteiger partial charge < -0.3 is 9.84 Å². The Morgan fingerprint density at radius 2 is 2.25 bits per heavy atom. The van der Waals surface area contributed by atoms with Crippen molar-refractivity contribution >= 4 is 5.97 Å². The van der Waals surface area contributed by atoms with Crippen molar-refractivity contribution in [1.29, 1.82) is 0 Å². The van der Waals surface area contributed by atoms with Gasteiger partial charge >= 0.3 is 5.97 Å². The summed E-state index contributed by atoms with van der Waals surface area (Å²) < 4.78 is 4.85. The van der Waals surface area contributed by atoms with Gasteiger partial charge in [0, 0.05) is 13.7 Å². The molecule has 0 aromatic rings. The smallest absolute Gasteiger partial charge is 0.320 e. The number of rotatable bonds is 6. The van der Waals surface area contributed by atoms with Crippen molar-refractivity contribution in [2.75, 3.05) is 27.3 Å². The molecule has 0 amide bonds. The molecule has 0 aliphatic heterocycles. The van der Waals surface area contributed by atoms with Crippen molar-refractivity contribution in [2.45, 2.75) is 19.4 Å². The third-order valence-corrected chi connectivity index (χ3v) is 1.85. The Kier molecular flexibility index (Phi) is 5.66. The molecular weight excluding hydrogens is 158 g/mol. The molecule has 0 spiro atoms. The number of carbonyl (C=O) groups is 1. The summed E-state index contributed by atoms with van der Waals surface area (Å²) in [5.74, 6) is -0.767. The van der Waals surface area contributed by atoms with Crippen LogP contribution in [-0.2, 0) is 9.53 Å². The van der Waals surface area contributed by atoms with Crippen LogP contribution in [0.5, 0.6) is 0 Å². The van der Waals surface area contributed by atoms with Crippen LogP contribution >= 0.6 is 0 Å². The van der Waals surface area contributed by atoms with Gasteiger partial charge in [0.05, 0.1) is 6.61 Å². The molecule has 4 heteroatoms. The summed E-state index contributed by atoms with van der Waals surface area (Å²) in [7, 11) is 3.40. The second-order valence-electron chi connectivity index (χ2n) is 2.74. The molecule has 12 heavy (non-hydrogen) atoms. The number of hydrogen-bond donors (Lipinski definition) is 1. The molecule has 0 saturated heterocycles. The summed E-state index contributed by atoms with van der Waals surface area (Å²) >= 11 is 0. The maximum atomic E-state index is 10.7. The summed E-state index contributed by atoms with van der Waals surface area (Å²) in [5, 5.41) is 8.76. The highest BCUT2D eigenvalue weighted by Gasteiger charge is 2.19. The van der Waals surface area contributed by atoms with Crippen LogP contribution in [0.25, 0.3) is 0 Å². The maximum absolute atomic E-state index is 10.7. The largest absolute Gasteiger partial charge is 0.480 e. The van der Waals surface area contributed by atoms with Crippen molar-refractivity contribution in [3.05, 3.63) is 0 Å². The second kappa shape index (κ2) is 5.97. The van der Waals surface area contributed by atoms with Gasteiger partial charge in [-0.1, -0.05) is 6.92 Å². The molecule has 0 saturated carbocycles. The Hall–Kier alpha value is -0.610. The lowest BCUT2D eigenvalue weighted by molar-refractivity contribution is -0.143. The Morgan fingerprint density at radius 3 is 2.58 bits per heavy atom. The molecule has 0 heterocycles. The van der Waals surface area contributed by atoms with Crippen molar-refractivity contribution in [2.24, 2.45) is 0 Å². The molecule has 0 aromatic heterocycles. The van der Waals surface area contributed by atoms with Crippen molar-refractivity contribution in [3.63, 3.8) is 0 Å². The molecule has 0 bridgehead atoms. The molecule has 1 unspecified atom stereocenters. The lowest BCUT2D eigenvalue weighted by atomic mass is 10.2. The average Bonchev–Trinajstić information content (AvgIpc) is 2.01. The third kappa shape index (κ3) is 3.69. The van der Waals surface area contributed by atoms with Gasteiger partial charge in [-0.3, -0.25) is 9.69 Å². The van der Waals surface area contributed by atoms with Crippen LogP contribution in [0.1, 0.15) is 13.3 Å². The van der Waals surface area contributed by atoms with E-state index in [9.17, 15) is 4.79 Å². The number of nitrogens with zero attached hydrogens (tertiary/aromatic N) is 1. The van der Waals surface area contributed by atoms with Gasteiger partial charge in [0.2, 0.25) is 0 Å². The Balaban J connectivity index is 3.85. The first-order valence-electron chi connectivity index (χ1n) is 4.05. The predicted molar refractivity (Wildman–Crippen MR) is 46.2 cm³/mol. The van der Waals surface area contributed by atoms with E-state index in [1.165, 1.54) is 0 Å². The summed E-state index contributed by atoms with van der Waals surface area (Å²) in [6.45, 7) is 3.09. The summed E-state index contributed by atoms with van der Waals surface area (Å²) in [5.41, 5.74) is 0. The Labute approximate surface area is 73.1 Å². The van der Waals surface area contributed by atoms with Crippen molar-refractivity contribution < 1.29 is 14.6 Å². The van der Waals surface area contributed by atoms with Crippen LogP contribution in [0, 0.1) is 0 Å². The standard InChI is InChI=1S/C8H17NO3/c1-4-7(8(10)11)9(2)5-6-12-3/h7H,4-6H2,1-3H3,(H,10,11). The predicted octanol–water partition coefficient (Wildman–Crippen LogP) is 0.428. The van der Waals surface area contributed by atoms with E-state index in [4.69, 9.17) is 9.84 Å². The molecule has 0 aliphatic carbocycles. The third-order valence-electron chi connectivity index (χ3n) is 1.85. The number of carboxylic acid groups (broad SMARTS) is 1. The number of ether oxygens (including phenoxy) is 1. The quantitative estimate of drug-likeness (QED) is 0.636. The van der Waals surface area contributed by atoms with E-state index >= 15 is 0 Å². The zero-order valence-corrected chi connectivity index (χ0v) is 7.91. The SMILES string of the molecule is CCC(C(=O)O)N(C)CCOC. The van der Waals surface area contributed by atoms with E-state index in [0.717, 1.165) is 0 Å². The van der Waals surface area contributed by atoms with Crippen LogP contribution in [0.4, 0.5) is 0 Å². The molecule has 0 rings (SSSR count). The lowest BCUT2D eigenvalue weighted by Crippen LogP contribution is -2.39. The number of likely N-dealkylation sites (N-methyl/N-ethyl adjacent to an activating group) is 1. The summed E-state index contributed by atoms with van der Waals surface area (Å²) in [6, 6.07) is -0.389. The number of methoxy groups -OCH3 is 1. The molecule has 0 aromatic carbocycles. The van der Waals surface area contributed by atoms with Crippen LogP contribution in [0.15, 0.2) is 0 Å². The van der Waals surface area contributed by atoms with Crippen LogP contribution in [-0.4, -0.2) is 49.3 Å². The number of carboxylic acids is 1. The molecule has 1 atom stereocenters. The highest BCUT2D eigenvalue weighted by molar-refractivity contribution is 5.73. The molecule has 0 radical (unpaired) electrons. The fourth-order valence-corrected chi connectivity index (χ4v) is 1.07. The molecule has 1 N–H and O–H groups in total. The molecular formula is C8H17NO3. The van der Waals surface area contributed by atoms with E-state index in [2.05, 4.69) is 0 Å². The van der Waals surface area contributed by atoms with Gasteiger partial charge in [-0.2, -0.15) is 0 Å². The van der Waals surface area contributed by atoms with Crippen molar-refractivity contribution in [1.82, 2.24) is 4.90 Å². The minimum absolute atomic E-state index is 0.389. The minimum Gasteiger partial charge on any atom is -0.480 e. The zero-order valence-electron chi connectivity index (χ0n) is 7.91. The van der Waals surface area contributed by atoms with E-state index < -0.39 is 5.97 Å². The maximum Gasteiger partial charge on any atom is 0.320 e. The number of aliphatic carboxylic acids is 1. The minimum atomic E-state index is -0.767. The van der Waals surface area contributed by atoms with Crippen LogP contribution in [0.3, 0.4) is 0 Å². The van der Waals surface area contributed by atoms with Gasteiger partial charge in [0.15, 0.2) is 0 Å². The average molecular weight is 175 g/mol. The topological polar surface area (TPSA) is 49.8 Å². The summed E-state index contributed by atoms with van der Waals surface area (Å²) in [6.07, 6.45) is 0.621. The number of hydrogen-bond acceptors (Lipinski definition) is 3. The van der Waals surface area contributed by atoms with Crippen LogP contribution < -0.4 is 0 Å². The van der Waals surface area contributed by atoms with Gasteiger partial charge in [-0.25, -0.2) is 0 Å². The highest BCUT2D eigenvalue weighted by Crippen LogP contribution is 2.00. The molecule has 0 fully saturated rings. The Bertz CT molecular complexity index is 138. The highest BCUT2D eigenvalue weighted by atomic mass is 16.5. The van der Waals surface area contributed by atoms with E-state index in [0.29, 0.717) is 19.6 Å². The first kappa shape index (κ1) is 11.4. The molecule has 4 nitrogen and oxygen atoms in total. The normalized spacial score (nSPS) is 13.3. The van der Waals surface area contributed by atoms with E-state index in [1.807, 2.05) is 6.92 Å². The first-order chi connectivity index (χ1) is 5.63. The van der Waals surface area contributed by atoms with Gasteiger partial charge in [-0.05, 0) is 13.5 Å². The van der Waals surface area contributed by atoms with Gasteiger partial charge in [0.25, 0.3) is 0 Å². The monoisotopic (exact) mass is 175 g/mol. The Morgan fingerprint density at radius 1 is 1.67 bits per heavy atom. The second-order valence-corrected chi connectivity index (χ2v) is 2.74. The summed E-state index contributed by atoms with van der Waals surface area (Å²) in [4.78, 5) is 12.4. The van der Waals surface area contributed by atoms with Crippen molar-refractivity contribution in [3.8, 4) is 0 Å². The van der Waals surface area contributed by atoms with E-state index in [1.54, 1.807) is 19.1 Å². The van der Waals surface area contributed by atoms with Crippen LogP contribution in [0.2, 0.25) is 0 Å². The lowest BCUT2D eigenvalue weighted by Gasteiger charge is -2.22.